The van der Waals surface area contributed by atoms with Gasteiger partial charge in [0.25, 0.3) is 0 Å². The third kappa shape index (κ3) is 3.53. The lowest BCUT2D eigenvalue weighted by molar-refractivity contribution is -0.121. The molecule has 0 saturated heterocycles. The fourth-order valence-electron chi connectivity index (χ4n) is 2.28. The second-order valence-electron chi connectivity index (χ2n) is 4.65. The van der Waals surface area contributed by atoms with Gasteiger partial charge in [-0.05, 0) is 30.5 Å². The number of hydrogen-bond donors (Lipinski definition) is 2. The molecule has 1 aliphatic rings. The Balaban J connectivity index is 1.84. The summed E-state index contributed by atoms with van der Waals surface area (Å²) < 4.78 is 0. The first-order valence-corrected chi connectivity index (χ1v) is 6.19. The highest BCUT2D eigenvalue weighted by atomic mass is 16.1. The summed E-state index contributed by atoms with van der Waals surface area (Å²) in [6, 6.07) is 3.99. The molecule has 1 heterocycles. The minimum Gasteiger partial charge on any atom is -0.352 e. The third-order valence-corrected chi connectivity index (χ3v) is 3.28. The highest BCUT2D eigenvalue weighted by molar-refractivity contribution is 5.78. The molecule has 0 spiro atoms. The summed E-state index contributed by atoms with van der Waals surface area (Å²) in [6.45, 7) is 0. The van der Waals surface area contributed by atoms with Gasteiger partial charge in [0.15, 0.2) is 0 Å². The number of carbonyl (C=O) groups excluding carboxylic acids is 1. The van der Waals surface area contributed by atoms with Crippen molar-refractivity contribution in [2.45, 2.75) is 44.2 Å². The van der Waals surface area contributed by atoms with Crippen molar-refractivity contribution in [1.29, 1.82) is 0 Å². The number of rotatable bonds is 3. The van der Waals surface area contributed by atoms with E-state index in [1.54, 1.807) is 12.4 Å². The Morgan fingerprint density at radius 2 is 2.06 bits per heavy atom. The Labute approximate surface area is 102 Å². The zero-order chi connectivity index (χ0) is 12.1. The fraction of sp³-hybridized carbons (Fsp3) is 0.538. The first-order valence-electron chi connectivity index (χ1n) is 6.19. The number of carbonyl (C=O) groups is 1. The summed E-state index contributed by atoms with van der Waals surface area (Å²) >= 11 is 0. The van der Waals surface area contributed by atoms with Gasteiger partial charge < -0.3 is 11.1 Å². The molecule has 1 saturated carbocycles. The maximum Gasteiger partial charge on any atom is 0.224 e. The molecule has 4 heteroatoms. The van der Waals surface area contributed by atoms with Crippen LogP contribution in [0.5, 0.6) is 0 Å². The van der Waals surface area contributed by atoms with Crippen LogP contribution in [-0.2, 0) is 11.2 Å². The van der Waals surface area contributed by atoms with Crippen LogP contribution >= 0.6 is 0 Å². The predicted octanol–water partition coefficient (Wildman–Crippen LogP) is 1.01. The van der Waals surface area contributed by atoms with Crippen LogP contribution in [0.1, 0.15) is 31.2 Å². The number of hydrogen-bond acceptors (Lipinski definition) is 3. The predicted molar refractivity (Wildman–Crippen MR) is 66.3 cm³/mol. The summed E-state index contributed by atoms with van der Waals surface area (Å²) in [7, 11) is 0. The molecule has 1 aromatic rings. The molecule has 1 fully saturated rings. The van der Waals surface area contributed by atoms with Gasteiger partial charge in [-0.3, -0.25) is 9.78 Å². The quantitative estimate of drug-likeness (QED) is 0.818. The van der Waals surface area contributed by atoms with Crippen molar-refractivity contribution < 1.29 is 4.79 Å². The summed E-state index contributed by atoms with van der Waals surface area (Å²) in [5.74, 6) is 0.0542. The number of nitrogens with one attached hydrogen (secondary N) is 1. The normalized spacial score (nSPS) is 24.3. The lowest BCUT2D eigenvalue weighted by Crippen LogP contribution is -2.49. The van der Waals surface area contributed by atoms with E-state index in [1.807, 2.05) is 12.1 Å². The highest BCUT2D eigenvalue weighted by Crippen LogP contribution is 2.16. The molecule has 17 heavy (non-hydrogen) atoms. The first-order chi connectivity index (χ1) is 8.25. The molecule has 2 unspecified atom stereocenters. The van der Waals surface area contributed by atoms with Gasteiger partial charge >= 0.3 is 0 Å². The van der Waals surface area contributed by atoms with Crippen molar-refractivity contribution in [2.75, 3.05) is 0 Å². The van der Waals surface area contributed by atoms with E-state index < -0.39 is 0 Å². The zero-order valence-corrected chi connectivity index (χ0v) is 9.93. The monoisotopic (exact) mass is 233 g/mol. The van der Waals surface area contributed by atoms with Crippen LogP contribution in [0, 0.1) is 0 Å². The van der Waals surface area contributed by atoms with Gasteiger partial charge in [0.1, 0.15) is 0 Å². The molecular weight excluding hydrogens is 214 g/mol. The van der Waals surface area contributed by atoms with Crippen LogP contribution in [0.3, 0.4) is 0 Å². The molecule has 1 aliphatic carbocycles. The van der Waals surface area contributed by atoms with Crippen LogP contribution < -0.4 is 11.1 Å². The number of nitrogens with two attached hydrogens (primary N) is 1. The number of pyridine rings is 1. The maximum atomic E-state index is 11.8. The molecule has 92 valence electrons. The van der Waals surface area contributed by atoms with Gasteiger partial charge in [0.05, 0.1) is 6.42 Å². The second-order valence-corrected chi connectivity index (χ2v) is 4.65. The summed E-state index contributed by atoms with van der Waals surface area (Å²) in [4.78, 5) is 15.8. The summed E-state index contributed by atoms with van der Waals surface area (Å²) in [5.41, 5.74) is 6.98. The second kappa shape index (κ2) is 5.77. The van der Waals surface area contributed by atoms with Crippen molar-refractivity contribution in [3.05, 3.63) is 30.1 Å². The SMILES string of the molecule is NC1CCCCC1NC(=O)Cc1ccncc1. The Bertz CT molecular complexity index is 366. The van der Waals surface area contributed by atoms with E-state index in [0.717, 1.165) is 24.8 Å². The van der Waals surface area contributed by atoms with E-state index >= 15 is 0 Å². The standard InChI is InChI=1S/C13H19N3O/c14-11-3-1-2-4-12(11)16-13(17)9-10-5-7-15-8-6-10/h5-8,11-12H,1-4,9,14H2,(H,16,17). The Hall–Kier alpha value is -1.42. The number of aromatic nitrogens is 1. The topological polar surface area (TPSA) is 68.0 Å². The first kappa shape index (κ1) is 12.0. The van der Waals surface area contributed by atoms with Gasteiger partial charge in [-0.15, -0.1) is 0 Å². The minimum absolute atomic E-state index is 0.0542. The van der Waals surface area contributed by atoms with Gasteiger partial charge in [0, 0.05) is 24.5 Å². The molecule has 1 amide bonds. The van der Waals surface area contributed by atoms with Gasteiger partial charge in [-0.2, -0.15) is 0 Å². The van der Waals surface area contributed by atoms with E-state index in [9.17, 15) is 4.79 Å². The fourth-order valence-corrected chi connectivity index (χ4v) is 2.28. The largest absolute Gasteiger partial charge is 0.352 e. The van der Waals surface area contributed by atoms with Gasteiger partial charge in [0.2, 0.25) is 5.91 Å². The molecule has 2 atom stereocenters. The Morgan fingerprint density at radius 1 is 1.35 bits per heavy atom. The molecule has 4 nitrogen and oxygen atoms in total. The smallest absolute Gasteiger partial charge is 0.224 e. The molecule has 2 rings (SSSR count). The zero-order valence-electron chi connectivity index (χ0n) is 9.93. The van der Waals surface area contributed by atoms with Crippen LogP contribution in [0.15, 0.2) is 24.5 Å². The lowest BCUT2D eigenvalue weighted by atomic mass is 9.91. The van der Waals surface area contributed by atoms with E-state index in [1.165, 1.54) is 6.42 Å². The van der Waals surface area contributed by atoms with E-state index in [4.69, 9.17) is 5.73 Å². The van der Waals surface area contributed by atoms with Crippen molar-refractivity contribution in [3.63, 3.8) is 0 Å². The van der Waals surface area contributed by atoms with Crippen molar-refractivity contribution in [3.8, 4) is 0 Å². The van der Waals surface area contributed by atoms with E-state index in [0.29, 0.717) is 6.42 Å². The number of nitrogens with zero attached hydrogens (tertiary/aromatic N) is 1. The molecule has 3 N–H and O–H groups in total. The van der Waals surface area contributed by atoms with Crippen molar-refractivity contribution >= 4 is 5.91 Å². The molecular formula is C13H19N3O. The average molecular weight is 233 g/mol. The minimum atomic E-state index is 0.0542. The van der Waals surface area contributed by atoms with Crippen molar-refractivity contribution in [2.24, 2.45) is 5.73 Å². The Morgan fingerprint density at radius 3 is 2.76 bits per heavy atom. The van der Waals surface area contributed by atoms with Gasteiger partial charge in [-0.25, -0.2) is 0 Å². The Kier molecular flexibility index (Phi) is 4.09. The molecule has 1 aromatic heterocycles. The molecule has 0 aromatic carbocycles. The maximum absolute atomic E-state index is 11.8. The van der Waals surface area contributed by atoms with Crippen LogP contribution in [-0.4, -0.2) is 23.0 Å². The highest BCUT2D eigenvalue weighted by Gasteiger charge is 2.22. The summed E-state index contributed by atoms with van der Waals surface area (Å²) in [5, 5.41) is 3.03. The molecule has 0 radical (unpaired) electrons. The van der Waals surface area contributed by atoms with Crippen LogP contribution in [0.4, 0.5) is 0 Å². The lowest BCUT2D eigenvalue weighted by Gasteiger charge is -2.29. The molecule has 0 aliphatic heterocycles. The average Bonchev–Trinajstić information content (AvgIpc) is 2.33. The van der Waals surface area contributed by atoms with Crippen LogP contribution in [0.2, 0.25) is 0 Å². The van der Waals surface area contributed by atoms with E-state index in [2.05, 4.69) is 10.3 Å². The van der Waals surface area contributed by atoms with Crippen LogP contribution in [0.25, 0.3) is 0 Å². The van der Waals surface area contributed by atoms with Gasteiger partial charge in [-0.1, -0.05) is 12.8 Å². The molecule has 0 bridgehead atoms. The van der Waals surface area contributed by atoms with E-state index in [-0.39, 0.29) is 18.0 Å². The van der Waals surface area contributed by atoms with Crippen molar-refractivity contribution in [1.82, 2.24) is 10.3 Å². The third-order valence-electron chi connectivity index (χ3n) is 3.28. The number of amides is 1. The summed E-state index contributed by atoms with van der Waals surface area (Å²) in [6.07, 6.45) is 8.17.